The van der Waals surface area contributed by atoms with Gasteiger partial charge >= 0.3 is 0 Å². The molecule has 0 aliphatic carbocycles. The zero-order valence-corrected chi connectivity index (χ0v) is 17.6. The minimum atomic E-state index is -0.792. The highest BCUT2D eigenvalue weighted by atomic mass is 16.3. The molecule has 7 heteroatoms. The fourth-order valence-corrected chi connectivity index (χ4v) is 3.85. The lowest BCUT2D eigenvalue weighted by Gasteiger charge is -2.28. The van der Waals surface area contributed by atoms with E-state index in [1.807, 2.05) is 0 Å². The van der Waals surface area contributed by atoms with Crippen molar-refractivity contribution < 1.29 is 24.2 Å². The summed E-state index contributed by atoms with van der Waals surface area (Å²) in [5.41, 5.74) is 0.532. The van der Waals surface area contributed by atoms with E-state index in [9.17, 15) is 19.8 Å². The van der Waals surface area contributed by atoms with E-state index in [1.54, 1.807) is 25.1 Å². The van der Waals surface area contributed by atoms with Crippen molar-refractivity contribution in [2.45, 2.75) is 33.2 Å². The maximum absolute atomic E-state index is 13.1. The topological polar surface area (TPSA) is 94.2 Å². The number of Topliss-reactive ketones (excluding diaryl/α,β-unsaturated/α-hetero) is 1. The lowest BCUT2D eigenvalue weighted by atomic mass is 9.95. The molecule has 2 N–H and O–H groups in total. The predicted octanol–water partition coefficient (Wildman–Crippen LogP) is 3.60. The van der Waals surface area contributed by atoms with Crippen LogP contribution in [0.15, 0.2) is 52.1 Å². The van der Waals surface area contributed by atoms with E-state index < -0.39 is 23.5 Å². The molecule has 2 aromatic rings. The number of phenols is 1. The van der Waals surface area contributed by atoms with Crippen molar-refractivity contribution in [1.29, 1.82) is 0 Å². The van der Waals surface area contributed by atoms with Gasteiger partial charge in [0, 0.05) is 6.54 Å². The third-order valence-corrected chi connectivity index (χ3v) is 5.47. The molecule has 0 spiro atoms. The van der Waals surface area contributed by atoms with Crippen LogP contribution in [0.4, 0.5) is 0 Å². The average molecular weight is 412 g/mol. The van der Waals surface area contributed by atoms with Crippen LogP contribution in [-0.2, 0) is 4.79 Å². The maximum Gasteiger partial charge on any atom is 0.290 e. The van der Waals surface area contributed by atoms with E-state index in [-0.39, 0.29) is 17.1 Å². The number of aliphatic hydroxyl groups is 1. The van der Waals surface area contributed by atoms with Crippen molar-refractivity contribution in [3.8, 4) is 5.75 Å². The molecular weight excluding hydrogens is 384 g/mol. The number of aromatic hydroxyl groups is 1. The van der Waals surface area contributed by atoms with Crippen molar-refractivity contribution in [3.63, 3.8) is 0 Å². The third kappa shape index (κ3) is 4.26. The SMILES string of the molecule is CCN(CC)CCCN1C(=O)C(O)=C(C(=O)c2ccc(C)o2)C1c1cccc(O)c1. The molecule has 2 heterocycles. The van der Waals surface area contributed by atoms with Crippen LogP contribution in [0.25, 0.3) is 0 Å². The number of hydrogen-bond donors (Lipinski definition) is 2. The van der Waals surface area contributed by atoms with Crippen LogP contribution in [0.3, 0.4) is 0 Å². The predicted molar refractivity (Wildman–Crippen MR) is 112 cm³/mol. The summed E-state index contributed by atoms with van der Waals surface area (Å²) in [6.07, 6.45) is 0.692. The summed E-state index contributed by atoms with van der Waals surface area (Å²) in [7, 11) is 0. The first-order valence-corrected chi connectivity index (χ1v) is 10.2. The van der Waals surface area contributed by atoms with Crippen LogP contribution in [0.1, 0.15) is 48.2 Å². The Morgan fingerprint density at radius 2 is 1.90 bits per heavy atom. The van der Waals surface area contributed by atoms with Gasteiger partial charge in [-0.1, -0.05) is 26.0 Å². The smallest absolute Gasteiger partial charge is 0.290 e. The summed E-state index contributed by atoms with van der Waals surface area (Å²) >= 11 is 0. The Bertz CT molecular complexity index is 958. The lowest BCUT2D eigenvalue weighted by molar-refractivity contribution is -0.129. The normalized spacial score (nSPS) is 16.7. The largest absolute Gasteiger partial charge is 0.508 e. The van der Waals surface area contributed by atoms with E-state index in [4.69, 9.17) is 4.42 Å². The highest BCUT2D eigenvalue weighted by Gasteiger charge is 2.44. The summed E-state index contributed by atoms with van der Waals surface area (Å²) < 4.78 is 5.45. The number of furan rings is 1. The number of aryl methyl sites for hydroxylation is 1. The molecule has 7 nitrogen and oxygen atoms in total. The second-order valence-corrected chi connectivity index (χ2v) is 7.38. The Labute approximate surface area is 176 Å². The monoisotopic (exact) mass is 412 g/mol. The molecule has 0 fully saturated rings. The molecule has 0 radical (unpaired) electrons. The zero-order valence-electron chi connectivity index (χ0n) is 17.6. The Balaban J connectivity index is 1.95. The molecule has 1 aromatic heterocycles. The van der Waals surface area contributed by atoms with Crippen molar-refractivity contribution in [3.05, 3.63) is 64.8 Å². The Morgan fingerprint density at radius 1 is 1.17 bits per heavy atom. The molecule has 1 amide bonds. The first kappa shape index (κ1) is 21.6. The first-order chi connectivity index (χ1) is 14.4. The summed E-state index contributed by atoms with van der Waals surface area (Å²) in [6, 6.07) is 8.81. The minimum Gasteiger partial charge on any atom is -0.508 e. The van der Waals surface area contributed by atoms with Gasteiger partial charge in [0.05, 0.1) is 11.6 Å². The second kappa shape index (κ2) is 9.17. The van der Waals surface area contributed by atoms with Crippen LogP contribution in [0, 0.1) is 6.92 Å². The molecule has 0 saturated carbocycles. The standard InChI is InChI=1S/C23H28N2O5/c1-4-24(5-2)12-7-13-25-20(16-8-6-9-17(26)14-16)19(22(28)23(25)29)21(27)18-11-10-15(3)30-18/h6,8-11,14,20,26,28H,4-5,7,12-13H2,1-3H3. The number of nitrogens with zero attached hydrogens (tertiary/aromatic N) is 2. The third-order valence-electron chi connectivity index (χ3n) is 5.47. The van der Waals surface area contributed by atoms with Gasteiger partial charge in [0.15, 0.2) is 11.5 Å². The van der Waals surface area contributed by atoms with Crippen molar-refractivity contribution in [2.75, 3.05) is 26.2 Å². The number of benzene rings is 1. The number of amides is 1. The average Bonchev–Trinajstić information content (AvgIpc) is 3.27. The van der Waals surface area contributed by atoms with Gasteiger partial charge in [0.1, 0.15) is 11.5 Å². The molecule has 1 aromatic carbocycles. The van der Waals surface area contributed by atoms with Gasteiger partial charge in [-0.25, -0.2) is 0 Å². The van der Waals surface area contributed by atoms with Crippen LogP contribution < -0.4 is 0 Å². The van der Waals surface area contributed by atoms with Gasteiger partial charge in [-0.05, 0) is 62.8 Å². The maximum atomic E-state index is 13.1. The van der Waals surface area contributed by atoms with Crippen LogP contribution >= 0.6 is 0 Å². The van der Waals surface area contributed by atoms with E-state index in [2.05, 4.69) is 18.7 Å². The number of hydrogen-bond acceptors (Lipinski definition) is 6. The molecule has 160 valence electrons. The van der Waals surface area contributed by atoms with E-state index in [1.165, 1.54) is 23.1 Å². The van der Waals surface area contributed by atoms with Gasteiger partial charge in [-0.3, -0.25) is 9.59 Å². The summed E-state index contributed by atoms with van der Waals surface area (Å²) in [4.78, 5) is 29.8. The van der Waals surface area contributed by atoms with E-state index >= 15 is 0 Å². The number of phenolic OH excluding ortho intramolecular Hbond substituents is 1. The lowest BCUT2D eigenvalue weighted by Crippen LogP contribution is -2.34. The summed E-state index contributed by atoms with van der Waals surface area (Å²) in [6.45, 7) is 8.86. The highest BCUT2D eigenvalue weighted by molar-refractivity contribution is 6.15. The Morgan fingerprint density at radius 3 is 2.50 bits per heavy atom. The molecule has 1 atom stereocenters. The number of rotatable bonds is 9. The molecule has 0 saturated heterocycles. The molecule has 30 heavy (non-hydrogen) atoms. The van der Waals surface area contributed by atoms with Gasteiger partial charge in [0.25, 0.3) is 5.91 Å². The first-order valence-electron chi connectivity index (χ1n) is 10.2. The number of carbonyl (C=O) groups is 2. The van der Waals surface area contributed by atoms with Gasteiger partial charge in [-0.15, -0.1) is 0 Å². The highest BCUT2D eigenvalue weighted by Crippen LogP contribution is 2.40. The molecule has 1 unspecified atom stereocenters. The molecule has 1 aliphatic heterocycles. The minimum absolute atomic E-state index is 0.0232. The van der Waals surface area contributed by atoms with Crippen molar-refractivity contribution in [2.24, 2.45) is 0 Å². The molecular formula is C23H28N2O5. The fourth-order valence-electron chi connectivity index (χ4n) is 3.85. The quantitative estimate of drug-likeness (QED) is 0.611. The number of carbonyl (C=O) groups excluding carboxylic acids is 2. The number of aliphatic hydroxyl groups excluding tert-OH is 1. The summed E-state index contributed by atoms with van der Waals surface area (Å²) in [5.74, 6) is -1.03. The molecule has 0 bridgehead atoms. The number of ketones is 1. The van der Waals surface area contributed by atoms with Gasteiger partial charge in [0.2, 0.25) is 5.78 Å². The van der Waals surface area contributed by atoms with Crippen LogP contribution in [0.2, 0.25) is 0 Å². The Hall–Kier alpha value is -3.06. The van der Waals surface area contributed by atoms with Gasteiger partial charge in [-0.2, -0.15) is 0 Å². The van der Waals surface area contributed by atoms with Crippen molar-refractivity contribution in [1.82, 2.24) is 9.80 Å². The fraction of sp³-hybridized carbons (Fsp3) is 0.391. The second-order valence-electron chi connectivity index (χ2n) is 7.38. The van der Waals surface area contributed by atoms with Crippen molar-refractivity contribution >= 4 is 11.7 Å². The molecule has 1 aliphatic rings. The van der Waals surface area contributed by atoms with E-state index in [0.29, 0.717) is 24.3 Å². The van der Waals surface area contributed by atoms with Crippen LogP contribution in [0.5, 0.6) is 5.75 Å². The Kier molecular flexibility index (Phi) is 6.62. The summed E-state index contributed by atoms with van der Waals surface area (Å²) in [5, 5.41) is 20.6. The molecule has 3 rings (SSSR count). The zero-order chi connectivity index (χ0) is 21.8. The van der Waals surface area contributed by atoms with E-state index in [0.717, 1.165) is 19.6 Å². The van der Waals surface area contributed by atoms with Gasteiger partial charge < -0.3 is 24.4 Å². The van der Waals surface area contributed by atoms with Crippen LogP contribution in [-0.4, -0.2) is 57.9 Å².